The molecule has 1 heterocycles. The molecule has 126 valence electrons. The number of amides is 2. The average molecular weight is 313 g/mol. The molecule has 7 heteroatoms. The second-order valence-electron chi connectivity index (χ2n) is 7.14. The fourth-order valence-corrected chi connectivity index (χ4v) is 2.60. The lowest BCUT2D eigenvalue weighted by Crippen LogP contribution is -2.51. The van der Waals surface area contributed by atoms with Crippen LogP contribution in [0.15, 0.2) is 0 Å². The second kappa shape index (κ2) is 7.58. The molecule has 22 heavy (non-hydrogen) atoms. The predicted octanol–water partition coefficient (Wildman–Crippen LogP) is 0.236. The van der Waals surface area contributed by atoms with Crippen LogP contribution in [0.4, 0.5) is 0 Å². The highest BCUT2D eigenvalue weighted by Gasteiger charge is 2.31. The molecule has 0 aromatic rings. The maximum atomic E-state index is 12.1. The Labute approximate surface area is 131 Å². The molecule has 1 rings (SSSR count). The Balaban J connectivity index is 2.62. The van der Waals surface area contributed by atoms with E-state index in [1.54, 1.807) is 0 Å². The van der Waals surface area contributed by atoms with E-state index in [1.165, 1.54) is 0 Å². The van der Waals surface area contributed by atoms with Gasteiger partial charge in [-0.15, -0.1) is 0 Å². The van der Waals surface area contributed by atoms with E-state index in [2.05, 4.69) is 10.6 Å². The summed E-state index contributed by atoms with van der Waals surface area (Å²) in [5, 5.41) is 14.4. The van der Waals surface area contributed by atoms with Crippen molar-refractivity contribution in [2.45, 2.75) is 58.5 Å². The van der Waals surface area contributed by atoms with Crippen LogP contribution < -0.4 is 16.4 Å². The summed E-state index contributed by atoms with van der Waals surface area (Å²) in [7, 11) is 0. The van der Waals surface area contributed by atoms with Crippen molar-refractivity contribution in [2.75, 3.05) is 6.54 Å². The van der Waals surface area contributed by atoms with Gasteiger partial charge in [0.05, 0.1) is 6.04 Å². The second-order valence-corrected chi connectivity index (χ2v) is 7.14. The van der Waals surface area contributed by atoms with E-state index in [-0.39, 0.29) is 23.7 Å². The van der Waals surface area contributed by atoms with Crippen molar-refractivity contribution in [1.29, 1.82) is 0 Å². The number of carbonyl (C=O) groups excluding carboxylic acids is 2. The summed E-state index contributed by atoms with van der Waals surface area (Å²) in [6.07, 6.45) is 2.00. The van der Waals surface area contributed by atoms with Gasteiger partial charge in [0.25, 0.3) is 0 Å². The SMILES string of the molecule is CC(C)(C)CC(N)C(=O)NC(C[C@@H]1CCCNC1=O)C(=O)O. The number of rotatable bonds is 6. The van der Waals surface area contributed by atoms with E-state index in [9.17, 15) is 19.5 Å². The summed E-state index contributed by atoms with van der Waals surface area (Å²) in [5.41, 5.74) is 5.70. The van der Waals surface area contributed by atoms with Gasteiger partial charge < -0.3 is 21.5 Å². The quantitative estimate of drug-likeness (QED) is 0.559. The Bertz CT molecular complexity index is 431. The topological polar surface area (TPSA) is 122 Å². The first-order chi connectivity index (χ1) is 10.1. The van der Waals surface area contributed by atoms with Gasteiger partial charge in [0.15, 0.2) is 0 Å². The van der Waals surface area contributed by atoms with Gasteiger partial charge in [-0.25, -0.2) is 4.79 Å². The molecule has 3 atom stereocenters. The molecule has 0 aromatic heterocycles. The van der Waals surface area contributed by atoms with Crippen molar-refractivity contribution >= 4 is 17.8 Å². The van der Waals surface area contributed by atoms with Crippen molar-refractivity contribution < 1.29 is 19.5 Å². The Kier molecular flexibility index (Phi) is 6.34. The maximum Gasteiger partial charge on any atom is 0.326 e. The lowest BCUT2D eigenvalue weighted by Gasteiger charge is -2.27. The Morgan fingerprint density at radius 3 is 2.59 bits per heavy atom. The van der Waals surface area contributed by atoms with Crippen molar-refractivity contribution in [1.82, 2.24) is 10.6 Å². The number of hydrogen-bond donors (Lipinski definition) is 4. The van der Waals surface area contributed by atoms with Crippen molar-refractivity contribution in [3.8, 4) is 0 Å². The molecule has 2 unspecified atom stereocenters. The van der Waals surface area contributed by atoms with Crippen LogP contribution in [0.25, 0.3) is 0 Å². The van der Waals surface area contributed by atoms with Gasteiger partial charge in [0, 0.05) is 12.5 Å². The maximum absolute atomic E-state index is 12.1. The molecular formula is C15H27N3O4. The number of carbonyl (C=O) groups is 3. The molecule has 1 aliphatic rings. The zero-order valence-corrected chi connectivity index (χ0v) is 13.5. The van der Waals surface area contributed by atoms with Crippen LogP contribution in [0.5, 0.6) is 0 Å². The summed E-state index contributed by atoms with van der Waals surface area (Å²) >= 11 is 0. The highest BCUT2D eigenvalue weighted by Crippen LogP contribution is 2.21. The first-order valence-electron chi connectivity index (χ1n) is 7.66. The zero-order chi connectivity index (χ0) is 16.9. The standard InChI is InChI=1S/C15H27N3O4/c1-15(2,3)8-10(16)13(20)18-11(14(21)22)7-9-5-4-6-17-12(9)19/h9-11H,4-8,16H2,1-3H3,(H,17,19)(H,18,20)(H,21,22)/t9-,10?,11?/m0/s1. The number of nitrogens with one attached hydrogen (secondary N) is 2. The van der Waals surface area contributed by atoms with Crippen LogP contribution in [0, 0.1) is 11.3 Å². The minimum atomic E-state index is -1.14. The van der Waals surface area contributed by atoms with E-state index < -0.39 is 24.0 Å². The fourth-order valence-electron chi connectivity index (χ4n) is 2.60. The average Bonchev–Trinajstić information content (AvgIpc) is 2.38. The number of nitrogens with two attached hydrogens (primary N) is 1. The third-order valence-corrected chi connectivity index (χ3v) is 3.70. The number of hydrogen-bond acceptors (Lipinski definition) is 4. The molecule has 5 N–H and O–H groups in total. The van der Waals surface area contributed by atoms with Crippen molar-refractivity contribution in [3.63, 3.8) is 0 Å². The van der Waals surface area contributed by atoms with Gasteiger partial charge in [-0.05, 0) is 31.1 Å². The molecule has 0 spiro atoms. The van der Waals surface area contributed by atoms with Gasteiger partial charge in [0.1, 0.15) is 6.04 Å². The van der Waals surface area contributed by atoms with Gasteiger partial charge >= 0.3 is 5.97 Å². The summed E-state index contributed by atoms with van der Waals surface area (Å²) in [6, 6.07) is -1.85. The van der Waals surface area contributed by atoms with E-state index in [0.717, 1.165) is 6.42 Å². The molecule has 1 saturated heterocycles. The number of carboxylic acids is 1. The summed E-state index contributed by atoms with van der Waals surface area (Å²) in [5.74, 6) is -2.16. The molecule has 0 aromatic carbocycles. The van der Waals surface area contributed by atoms with Crippen molar-refractivity contribution in [2.24, 2.45) is 17.1 Å². The van der Waals surface area contributed by atoms with E-state index in [0.29, 0.717) is 19.4 Å². The minimum absolute atomic E-state index is 0.0924. The lowest BCUT2D eigenvalue weighted by molar-refractivity contribution is -0.143. The molecule has 0 aliphatic carbocycles. The van der Waals surface area contributed by atoms with Crippen LogP contribution in [-0.4, -0.2) is 41.5 Å². The summed E-state index contributed by atoms with van der Waals surface area (Å²) < 4.78 is 0. The van der Waals surface area contributed by atoms with Crippen molar-refractivity contribution in [3.05, 3.63) is 0 Å². The summed E-state index contributed by atoms with van der Waals surface area (Å²) in [4.78, 5) is 35.1. The lowest BCUT2D eigenvalue weighted by atomic mass is 9.87. The molecule has 0 bridgehead atoms. The van der Waals surface area contributed by atoms with Gasteiger partial charge in [-0.3, -0.25) is 9.59 Å². The third kappa shape index (κ3) is 6.01. The molecule has 2 amide bonds. The molecular weight excluding hydrogens is 286 g/mol. The summed E-state index contributed by atoms with van der Waals surface area (Å²) in [6.45, 7) is 6.50. The number of piperidine rings is 1. The van der Waals surface area contributed by atoms with Crippen LogP contribution in [-0.2, 0) is 14.4 Å². The number of carboxylic acid groups (broad SMARTS) is 1. The van der Waals surface area contributed by atoms with E-state index in [4.69, 9.17) is 5.73 Å². The van der Waals surface area contributed by atoms with Gasteiger partial charge in [-0.1, -0.05) is 20.8 Å². The molecule has 1 fully saturated rings. The third-order valence-electron chi connectivity index (χ3n) is 3.70. The molecule has 7 nitrogen and oxygen atoms in total. The normalized spacial score (nSPS) is 21.6. The first-order valence-corrected chi connectivity index (χ1v) is 7.66. The fraction of sp³-hybridized carbons (Fsp3) is 0.800. The van der Waals surface area contributed by atoms with Crippen LogP contribution in [0.2, 0.25) is 0 Å². The first kappa shape index (κ1) is 18.4. The predicted molar refractivity (Wildman–Crippen MR) is 82.0 cm³/mol. The minimum Gasteiger partial charge on any atom is -0.480 e. The molecule has 1 aliphatic heterocycles. The van der Waals surface area contributed by atoms with Gasteiger partial charge in [-0.2, -0.15) is 0 Å². The molecule has 0 saturated carbocycles. The largest absolute Gasteiger partial charge is 0.480 e. The zero-order valence-electron chi connectivity index (χ0n) is 13.5. The Morgan fingerprint density at radius 1 is 1.45 bits per heavy atom. The Hall–Kier alpha value is -1.63. The highest BCUT2D eigenvalue weighted by molar-refractivity contribution is 5.87. The van der Waals surface area contributed by atoms with Crippen LogP contribution in [0.1, 0.15) is 46.5 Å². The highest BCUT2D eigenvalue weighted by atomic mass is 16.4. The van der Waals surface area contributed by atoms with E-state index >= 15 is 0 Å². The Morgan fingerprint density at radius 2 is 2.09 bits per heavy atom. The van der Waals surface area contributed by atoms with Crippen LogP contribution >= 0.6 is 0 Å². The number of aliphatic carboxylic acids is 1. The smallest absolute Gasteiger partial charge is 0.326 e. The molecule has 0 radical (unpaired) electrons. The monoisotopic (exact) mass is 313 g/mol. The van der Waals surface area contributed by atoms with E-state index in [1.807, 2.05) is 20.8 Å². The van der Waals surface area contributed by atoms with Crippen LogP contribution in [0.3, 0.4) is 0 Å². The van der Waals surface area contributed by atoms with Gasteiger partial charge in [0.2, 0.25) is 11.8 Å².